The number of carbonyl (C=O) groups excluding carboxylic acids is 2. The van der Waals surface area contributed by atoms with Gasteiger partial charge in [-0.05, 0) is 55.3 Å². The van der Waals surface area contributed by atoms with Gasteiger partial charge in [-0.2, -0.15) is 0 Å². The van der Waals surface area contributed by atoms with E-state index < -0.39 is 12.7 Å². The Morgan fingerprint density at radius 3 is 2.58 bits per heavy atom. The molecular weight excluding hydrogens is 420 g/mol. The number of rotatable bonds is 5. The zero-order valence-corrected chi connectivity index (χ0v) is 19.2. The second kappa shape index (κ2) is 12.4. The Balaban J connectivity index is 1.94. The fraction of sp³-hybridized carbons (Fsp3) is 0.480. The van der Waals surface area contributed by atoms with Crippen molar-refractivity contribution in [2.24, 2.45) is 0 Å². The molecule has 0 saturated heterocycles. The number of fused-ring (bicyclic) bond motifs is 1. The Morgan fingerprint density at radius 2 is 1.82 bits per heavy atom. The molecule has 8 nitrogen and oxygen atoms in total. The molecular formula is C25H34N4O4. The average Bonchev–Trinajstić information content (AvgIpc) is 2.84. The quantitative estimate of drug-likeness (QED) is 0.640. The van der Waals surface area contributed by atoms with E-state index in [9.17, 15) is 14.7 Å². The maximum Gasteiger partial charge on any atom is 0.258 e. The summed E-state index contributed by atoms with van der Waals surface area (Å²) < 4.78 is 0. The highest BCUT2D eigenvalue weighted by atomic mass is 16.3. The van der Waals surface area contributed by atoms with Gasteiger partial charge in [0.05, 0.1) is 12.7 Å². The minimum Gasteiger partial charge on any atom is -0.394 e. The van der Waals surface area contributed by atoms with Crippen LogP contribution in [0, 0.1) is 0 Å². The van der Waals surface area contributed by atoms with Gasteiger partial charge < -0.3 is 25.3 Å². The van der Waals surface area contributed by atoms with Crippen LogP contribution in [0.5, 0.6) is 0 Å². The van der Waals surface area contributed by atoms with E-state index in [0.29, 0.717) is 24.2 Å². The van der Waals surface area contributed by atoms with E-state index in [0.717, 1.165) is 49.9 Å². The molecule has 0 spiro atoms. The molecule has 1 aliphatic heterocycles. The second-order valence-corrected chi connectivity index (χ2v) is 8.50. The number of aliphatic hydroxyl groups excluding tert-OH is 2. The molecule has 0 saturated carbocycles. The number of nitrogens with one attached hydrogen (secondary N) is 1. The lowest BCUT2D eigenvalue weighted by Gasteiger charge is -2.27. The highest BCUT2D eigenvalue weighted by Crippen LogP contribution is 2.26. The fourth-order valence-electron chi connectivity index (χ4n) is 4.06. The molecule has 3 rings (SSSR count). The monoisotopic (exact) mass is 454 g/mol. The van der Waals surface area contributed by atoms with E-state index in [1.54, 1.807) is 42.5 Å². The molecule has 0 fully saturated rings. The minimum absolute atomic E-state index is 0.0390. The van der Waals surface area contributed by atoms with Crippen molar-refractivity contribution in [3.8, 4) is 0 Å². The van der Waals surface area contributed by atoms with Gasteiger partial charge in [-0.3, -0.25) is 14.6 Å². The molecule has 33 heavy (non-hydrogen) atoms. The third-order valence-electron chi connectivity index (χ3n) is 5.88. The molecule has 0 radical (unpaired) electrons. The molecule has 8 heteroatoms. The van der Waals surface area contributed by atoms with Crippen LogP contribution in [-0.2, 0) is 6.54 Å². The van der Waals surface area contributed by atoms with Crippen molar-refractivity contribution >= 4 is 17.5 Å². The van der Waals surface area contributed by atoms with Gasteiger partial charge in [0.25, 0.3) is 11.8 Å². The first kappa shape index (κ1) is 24.8. The Bertz CT molecular complexity index is 922. The standard InChI is InChI=1S/C25H34N4O4/c1-28(17-22(31)18-30)24(32)20-7-8-23-21(15-20)16-27-11-5-3-2-4-6-14-29(23)25(33)19-9-12-26-13-10-19/h7-10,12-13,15,22,27,30-31H,2-6,11,14,16-18H2,1H3. The lowest BCUT2D eigenvalue weighted by atomic mass is 10.0. The highest BCUT2D eigenvalue weighted by Gasteiger charge is 2.23. The molecule has 1 atom stereocenters. The number of nitrogens with zero attached hydrogens (tertiary/aromatic N) is 3. The van der Waals surface area contributed by atoms with Crippen molar-refractivity contribution in [2.45, 2.75) is 44.8 Å². The van der Waals surface area contributed by atoms with Crippen LogP contribution in [0.3, 0.4) is 0 Å². The maximum atomic E-state index is 13.4. The third-order valence-corrected chi connectivity index (χ3v) is 5.88. The molecule has 0 bridgehead atoms. The fourth-order valence-corrected chi connectivity index (χ4v) is 4.06. The van der Waals surface area contributed by atoms with Gasteiger partial charge >= 0.3 is 0 Å². The van der Waals surface area contributed by atoms with Crippen molar-refractivity contribution in [3.05, 3.63) is 59.4 Å². The molecule has 1 aliphatic rings. The molecule has 178 valence electrons. The van der Waals surface area contributed by atoms with E-state index in [-0.39, 0.29) is 18.4 Å². The number of hydrogen-bond acceptors (Lipinski definition) is 6. The highest BCUT2D eigenvalue weighted by molar-refractivity contribution is 6.06. The molecule has 0 aliphatic carbocycles. The van der Waals surface area contributed by atoms with E-state index in [1.807, 2.05) is 12.1 Å². The predicted molar refractivity (Wildman–Crippen MR) is 127 cm³/mol. The van der Waals surface area contributed by atoms with Gasteiger partial charge in [-0.15, -0.1) is 0 Å². The van der Waals surface area contributed by atoms with Crippen molar-refractivity contribution < 1.29 is 19.8 Å². The van der Waals surface area contributed by atoms with Crippen LogP contribution in [0.1, 0.15) is 58.4 Å². The molecule has 3 N–H and O–H groups in total. The summed E-state index contributed by atoms with van der Waals surface area (Å²) in [6, 6.07) is 8.82. The molecule has 1 aromatic carbocycles. The Kier molecular flexibility index (Phi) is 9.35. The number of aliphatic hydroxyl groups is 2. The number of anilines is 1. The summed E-state index contributed by atoms with van der Waals surface area (Å²) in [6.45, 7) is 1.65. The summed E-state index contributed by atoms with van der Waals surface area (Å²) in [7, 11) is 1.60. The van der Waals surface area contributed by atoms with E-state index in [2.05, 4.69) is 10.3 Å². The molecule has 2 aromatic rings. The number of carbonyl (C=O) groups is 2. The SMILES string of the molecule is CN(CC(O)CO)C(=O)c1ccc2c(c1)CNCCCCCCCN2C(=O)c1ccncc1. The van der Waals surface area contributed by atoms with E-state index in [1.165, 1.54) is 4.90 Å². The van der Waals surface area contributed by atoms with Crippen molar-refractivity contribution in [1.82, 2.24) is 15.2 Å². The van der Waals surface area contributed by atoms with Gasteiger partial charge in [-0.25, -0.2) is 0 Å². The minimum atomic E-state index is -0.988. The first-order valence-electron chi connectivity index (χ1n) is 11.6. The molecule has 1 aromatic heterocycles. The van der Waals surface area contributed by atoms with Gasteiger partial charge in [0, 0.05) is 55.9 Å². The van der Waals surface area contributed by atoms with E-state index in [4.69, 9.17) is 5.11 Å². The number of amides is 2. The van der Waals surface area contributed by atoms with Crippen LogP contribution in [0.15, 0.2) is 42.7 Å². The molecule has 2 amide bonds. The van der Waals surface area contributed by atoms with Crippen molar-refractivity contribution in [1.29, 1.82) is 0 Å². The summed E-state index contributed by atoms with van der Waals surface area (Å²) in [5, 5.41) is 22.2. The van der Waals surface area contributed by atoms with Crippen LogP contribution in [0.25, 0.3) is 0 Å². The smallest absolute Gasteiger partial charge is 0.258 e. The second-order valence-electron chi connectivity index (χ2n) is 8.50. The molecule has 1 unspecified atom stereocenters. The molecule has 2 heterocycles. The Hall–Kier alpha value is -2.81. The number of aromatic nitrogens is 1. The topological polar surface area (TPSA) is 106 Å². The maximum absolute atomic E-state index is 13.4. The van der Waals surface area contributed by atoms with Crippen LogP contribution >= 0.6 is 0 Å². The lowest BCUT2D eigenvalue weighted by molar-refractivity contribution is 0.0520. The van der Waals surface area contributed by atoms with Crippen LogP contribution in [0.4, 0.5) is 5.69 Å². The van der Waals surface area contributed by atoms with Crippen LogP contribution in [-0.4, -0.2) is 71.3 Å². The number of pyridine rings is 1. The zero-order valence-electron chi connectivity index (χ0n) is 19.2. The van der Waals surface area contributed by atoms with Gasteiger partial charge in [0.1, 0.15) is 0 Å². The van der Waals surface area contributed by atoms with Gasteiger partial charge in [-0.1, -0.05) is 19.3 Å². The third kappa shape index (κ3) is 6.83. The Morgan fingerprint density at radius 1 is 1.09 bits per heavy atom. The average molecular weight is 455 g/mol. The summed E-state index contributed by atoms with van der Waals surface area (Å²) in [4.78, 5) is 33.6. The normalized spacial score (nSPS) is 16.2. The van der Waals surface area contributed by atoms with Crippen molar-refractivity contribution in [2.75, 3.05) is 38.2 Å². The van der Waals surface area contributed by atoms with Gasteiger partial charge in [0.15, 0.2) is 0 Å². The first-order valence-corrected chi connectivity index (χ1v) is 11.6. The van der Waals surface area contributed by atoms with Crippen LogP contribution in [0.2, 0.25) is 0 Å². The van der Waals surface area contributed by atoms with Gasteiger partial charge in [0.2, 0.25) is 0 Å². The lowest BCUT2D eigenvalue weighted by Crippen LogP contribution is -2.36. The summed E-state index contributed by atoms with van der Waals surface area (Å²) >= 11 is 0. The number of likely N-dealkylation sites (N-methyl/N-ethyl adjacent to an activating group) is 1. The summed E-state index contributed by atoms with van der Waals surface area (Å²) in [5.41, 5.74) is 2.72. The van der Waals surface area contributed by atoms with Crippen molar-refractivity contribution in [3.63, 3.8) is 0 Å². The van der Waals surface area contributed by atoms with E-state index >= 15 is 0 Å². The predicted octanol–water partition coefficient (Wildman–Crippen LogP) is 2.21. The largest absolute Gasteiger partial charge is 0.394 e. The zero-order chi connectivity index (χ0) is 23.6. The Labute approximate surface area is 195 Å². The van der Waals surface area contributed by atoms with Crippen LogP contribution < -0.4 is 10.2 Å². The number of benzene rings is 1. The summed E-state index contributed by atoms with van der Waals surface area (Å²) in [6.07, 6.45) is 7.60. The summed E-state index contributed by atoms with van der Waals surface area (Å²) in [5.74, 6) is -0.332. The first-order chi connectivity index (χ1) is 16.0. The number of hydrogen-bond donors (Lipinski definition) is 3.